The normalized spacial score (nSPS) is 30.1. The van der Waals surface area contributed by atoms with Crippen LogP contribution in [0.4, 0.5) is 0 Å². The van der Waals surface area contributed by atoms with E-state index >= 15 is 0 Å². The Hall–Kier alpha value is -0.650. The molecule has 2 rings (SSSR count). The molecule has 1 heterocycles. The molecule has 1 saturated heterocycles. The average molecular weight is 254 g/mol. The molecule has 104 valence electrons. The number of nitrogens with one attached hydrogen (secondary N) is 1. The van der Waals surface area contributed by atoms with Crippen LogP contribution in [-0.2, 0) is 4.79 Å². The molecule has 2 unspecified atom stereocenters. The molecule has 1 amide bonds. The lowest BCUT2D eigenvalue weighted by Gasteiger charge is -2.42. The van der Waals surface area contributed by atoms with Crippen molar-refractivity contribution in [2.24, 2.45) is 5.73 Å². The van der Waals surface area contributed by atoms with Gasteiger partial charge in [0, 0.05) is 38.3 Å². The molecule has 3 N–H and O–H groups in total. The molecule has 0 spiro atoms. The molecular weight excluding hydrogens is 228 g/mol. The van der Waals surface area contributed by atoms with Crippen molar-refractivity contribution in [1.29, 1.82) is 0 Å². The lowest BCUT2D eigenvalue weighted by molar-refractivity contribution is -0.125. The first-order valence-corrected chi connectivity index (χ1v) is 6.91. The number of carbonyl (C=O) groups is 1. The Balaban J connectivity index is 1.97. The van der Waals surface area contributed by atoms with E-state index in [4.69, 9.17) is 5.73 Å². The summed E-state index contributed by atoms with van der Waals surface area (Å²) in [4.78, 5) is 16.5. The predicted molar refractivity (Wildman–Crippen MR) is 72.3 cm³/mol. The highest BCUT2D eigenvalue weighted by Gasteiger charge is 2.39. The van der Waals surface area contributed by atoms with Crippen LogP contribution in [0.3, 0.4) is 0 Å². The Morgan fingerprint density at radius 1 is 1.44 bits per heavy atom. The zero-order chi connectivity index (χ0) is 13.3. The molecule has 0 bridgehead atoms. The van der Waals surface area contributed by atoms with Crippen LogP contribution in [0.5, 0.6) is 0 Å². The topological polar surface area (TPSA) is 61.6 Å². The summed E-state index contributed by atoms with van der Waals surface area (Å²) < 4.78 is 0. The van der Waals surface area contributed by atoms with Crippen LogP contribution in [0.25, 0.3) is 0 Å². The number of carbonyl (C=O) groups excluding carboxylic acids is 1. The molecule has 1 aliphatic carbocycles. The molecule has 1 saturated carbocycles. The third-order valence-corrected chi connectivity index (χ3v) is 4.13. The summed E-state index contributed by atoms with van der Waals surface area (Å²) in [6, 6.07) is 0.966. The van der Waals surface area contributed by atoms with Crippen molar-refractivity contribution in [2.75, 3.05) is 33.2 Å². The minimum atomic E-state index is -0.592. The van der Waals surface area contributed by atoms with E-state index in [2.05, 4.69) is 29.1 Å². The van der Waals surface area contributed by atoms with E-state index in [1.54, 1.807) is 0 Å². The van der Waals surface area contributed by atoms with Gasteiger partial charge in [0.15, 0.2) is 0 Å². The van der Waals surface area contributed by atoms with E-state index in [0.29, 0.717) is 18.6 Å². The van der Waals surface area contributed by atoms with Gasteiger partial charge in [0.1, 0.15) is 5.54 Å². The lowest BCUT2D eigenvalue weighted by Crippen LogP contribution is -2.63. The van der Waals surface area contributed by atoms with E-state index in [-0.39, 0.29) is 5.91 Å². The van der Waals surface area contributed by atoms with Crippen LogP contribution in [0, 0.1) is 0 Å². The molecule has 2 aliphatic rings. The Kier molecular flexibility index (Phi) is 3.94. The van der Waals surface area contributed by atoms with Crippen molar-refractivity contribution < 1.29 is 4.79 Å². The third kappa shape index (κ3) is 3.22. The molecule has 0 aromatic carbocycles. The van der Waals surface area contributed by atoms with Crippen molar-refractivity contribution in [3.05, 3.63) is 0 Å². The van der Waals surface area contributed by atoms with E-state index in [1.807, 2.05) is 6.92 Å². The predicted octanol–water partition coefficient (Wildman–Crippen LogP) is -0.382. The Labute approximate surface area is 110 Å². The molecule has 5 nitrogen and oxygen atoms in total. The summed E-state index contributed by atoms with van der Waals surface area (Å²) in [5, 5.41) is 3.42. The quantitative estimate of drug-likeness (QED) is 0.702. The minimum absolute atomic E-state index is 0.236. The molecule has 0 aromatic heterocycles. The van der Waals surface area contributed by atoms with Crippen molar-refractivity contribution in [2.45, 2.75) is 44.3 Å². The largest absolute Gasteiger partial charge is 0.368 e. The van der Waals surface area contributed by atoms with E-state index in [1.165, 1.54) is 12.8 Å². The molecule has 0 aromatic rings. The first-order valence-electron chi connectivity index (χ1n) is 6.91. The number of rotatable bonds is 5. The van der Waals surface area contributed by atoms with Crippen LogP contribution in [0.1, 0.15) is 26.7 Å². The van der Waals surface area contributed by atoms with Gasteiger partial charge in [-0.15, -0.1) is 0 Å². The second-order valence-corrected chi connectivity index (χ2v) is 6.20. The van der Waals surface area contributed by atoms with E-state index in [0.717, 1.165) is 19.6 Å². The van der Waals surface area contributed by atoms with Crippen LogP contribution >= 0.6 is 0 Å². The van der Waals surface area contributed by atoms with Gasteiger partial charge >= 0.3 is 0 Å². The zero-order valence-electron chi connectivity index (χ0n) is 11.8. The summed E-state index contributed by atoms with van der Waals surface area (Å²) in [5.74, 6) is -0.236. The maximum atomic E-state index is 11.8. The number of primary amides is 1. The summed E-state index contributed by atoms with van der Waals surface area (Å²) in [7, 11) is 2.14. The molecule has 2 fully saturated rings. The third-order valence-electron chi connectivity index (χ3n) is 4.13. The highest BCUT2D eigenvalue weighted by Crippen LogP contribution is 2.23. The number of nitrogens with zero attached hydrogens (tertiary/aromatic N) is 2. The van der Waals surface area contributed by atoms with Crippen LogP contribution in [0.15, 0.2) is 0 Å². The molecule has 1 aliphatic heterocycles. The van der Waals surface area contributed by atoms with Gasteiger partial charge in [-0.25, -0.2) is 0 Å². The van der Waals surface area contributed by atoms with E-state index in [9.17, 15) is 4.79 Å². The fourth-order valence-corrected chi connectivity index (χ4v) is 2.69. The maximum Gasteiger partial charge on any atom is 0.238 e. The number of likely N-dealkylation sites (N-methyl/N-ethyl adjacent to an activating group) is 1. The van der Waals surface area contributed by atoms with Gasteiger partial charge in [-0.2, -0.15) is 0 Å². The number of hydrogen-bond donors (Lipinski definition) is 2. The smallest absolute Gasteiger partial charge is 0.238 e. The summed E-state index contributed by atoms with van der Waals surface area (Å²) in [6.07, 6.45) is 2.34. The van der Waals surface area contributed by atoms with Crippen molar-refractivity contribution >= 4 is 5.91 Å². The fourth-order valence-electron chi connectivity index (χ4n) is 2.69. The van der Waals surface area contributed by atoms with Crippen molar-refractivity contribution in [3.8, 4) is 0 Å². The monoisotopic (exact) mass is 254 g/mol. The first kappa shape index (κ1) is 13.8. The van der Waals surface area contributed by atoms with Gasteiger partial charge in [-0.3, -0.25) is 15.0 Å². The number of piperazine rings is 1. The zero-order valence-corrected chi connectivity index (χ0v) is 11.8. The SMILES string of the molecule is CC1CN(C)CCN1CC(C)(NC1CC1)C(N)=O. The van der Waals surface area contributed by atoms with Gasteiger partial charge in [0.05, 0.1) is 0 Å². The second kappa shape index (κ2) is 5.15. The molecule has 18 heavy (non-hydrogen) atoms. The summed E-state index contributed by atoms with van der Waals surface area (Å²) in [6.45, 7) is 7.99. The fraction of sp³-hybridized carbons (Fsp3) is 0.923. The minimum Gasteiger partial charge on any atom is -0.368 e. The lowest BCUT2D eigenvalue weighted by atomic mass is 9.98. The number of hydrogen-bond acceptors (Lipinski definition) is 4. The van der Waals surface area contributed by atoms with E-state index < -0.39 is 5.54 Å². The highest BCUT2D eigenvalue weighted by atomic mass is 16.1. The van der Waals surface area contributed by atoms with Crippen LogP contribution in [-0.4, -0.2) is 66.6 Å². The molecule has 5 heteroatoms. The van der Waals surface area contributed by atoms with Gasteiger partial charge in [0.2, 0.25) is 5.91 Å². The Morgan fingerprint density at radius 3 is 2.61 bits per heavy atom. The molecule has 0 radical (unpaired) electrons. The van der Waals surface area contributed by atoms with Crippen molar-refractivity contribution in [1.82, 2.24) is 15.1 Å². The maximum absolute atomic E-state index is 11.8. The number of amides is 1. The number of nitrogens with two attached hydrogens (primary N) is 1. The molecule has 2 atom stereocenters. The van der Waals surface area contributed by atoms with Crippen molar-refractivity contribution in [3.63, 3.8) is 0 Å². The average Bonchev–Trinajstić information content (AvgIpc) is 3.06. The summed E-state index contributed by atoms with van der Waals surface area (Å²) >= 11 is 0. The first-order chi connectivity index (χ1) is 8.40. The Morgan fingerprint density at radius 2 is 2.11 bits per heavy atom. The highest BCUT2D eigenvalue weighted by molar-refractivity contribution is 5.84. The Bertz CT molecular complexity index is 318. The molecular formula is C13H26N4O. The standard InChI is InChI=1S/C13H26N4O/c1-10-8-16(3)6-7-17(10)9-13(2,12(14)18)15-11-4-5-11/h10-11,15H,4-9H2,1-3H3,(H2,14,18). The van der Waals surface area contributed by atoms with Gasteiger partial charge in [-0.05, 0) is 33.7 Å². The van der Waals surface area contributed by atoms with Crippen LogP contribution in [0.2, 0.25) is 0 Å². The summed E-state index contributed by atoms with van der Waals surface area (Å²) in [5.41, 5.74) is 5.01. The van der Waals surface area contributed by atoms with Gasteiger partial charge < -0.3 is 10.6 Å². The second-order valence-electron chi connectivity index (χ2n) is 6.20. The van der Waals surface area contributed by atoms with Gasteiger partial charge in [-0.1, -0.05) is 0 Å². The van der Waals surface area contributed by atoms with Gasteiger partial charge in [0.25, 0.3) is 0 Å². The van der Waals surface area contributed by atoms with Crippen LogP contribution < -0.4 is 11.1 Å².